The summed E-state index contributed by atoms with van der Waals surface area (Å²) in [7, 11) is 2.14. The highest BCUT2D eigenvalue weighted by Gasteiger charge is 2.56. The first-order valence-electron chi connectivity index (χ1n) is 15.1. The van der Waals surface area contributed by atoms with Gasteiger partial charge in [-0.1, -0.05) is 53.7 Å². The monoisotopic (exact) mass is 595 g/mol. The molecule has 2 amide bonds. The number of Topliss-reactive ketones (excluding diaryl/α,β-unsaturated/α-hetero) is 1. The van der Waals surface area contributed by atoms with E-state index in [1.807, 2.05) is 32.9 Å². The van der Waals surface area contributed by atoms with Crippen LogP contribution in [0, 0.1) is 16.7 Å². The smallest absolute Gasteiger partial charge is 0.251 e. The van der Waals surface area contributed by atoms with Crippen LogP contribution < -0.4 is 10.2 Å². The molecule has 0 bridgehead atoms. The minimum absolute atomic E-state index is 0.0299. The molecule has 0 spiro atoms. The number of ketones is 1. The number of ether oxygens (including phenoxy) is 1. The molecule has 9 nitrogen and oxygen atoms in total. The third-order valence-electron chi connectivity index (χ3n) is 9.50. The number of benzene rings is 1. The highest BCUT2D eigenvalue weighted by atomic mass is 32.1. The van der Waals surface area contributed by atoms with Crippen LogP contribution in [0.25, 0.3) is 11.3 Å². The predicted molar refractivity (Wildman–Crippen MR) is 166 cm³/mol. The number of nitrogens with zero attached hydrogens (tertiary/aromatic N) is 4. The van der Waals surface area contributed by atoms with Crippen molar-refractivity contribution in [1.82, 2.24) is 20.1 Å². The number of fused-ring (bicyclic) bond motifs is 1. The second-order valence-electron chi connectivity index (χ2n) is 13.8. The number of thiazole rings is 1. The molecular formula is C32H45N5O4S. The van der Waals surface area contributed by atoms with Crippen LogP contribution in [-0.4, -0.2) is 96.9 Å². The highest BCUT2D eigenvalue weighted by Crippen LogP contribution is 2.42. The van der Waals surface area contributed by atoms with Gasteiger partial charge in [0.2, 0.25) is 5.91 Å². The fourth-order valence-electron chi connectivity index (χ4n) is 6.16. The summed E-state index contributed by atoms with van der Waals surface area (Å²) in [4.78, 5) is 51.7. The molecule has 3 aliphatic rings. The number of likely N-dealkylation sites (tertiary alicyclic amines) is 1. The third-order valence-corrected chi connectivity index (χ3v) is 10.4. The molecule has 2 aromatic rings. The Balaban J connectivity index is 1.31. The van der Waals surface area contributed by atoms with Gasteiger partial charge in [-0.2, -0.15) is 0 Å². The van der Waals surface area contributed by atoms with Crippen molar-refractivity contribution in [2.75, 3.05) is 51.3 Å². The van der Waals surface area contributed by atoms with Crippen LogP contribution >= 0.6 is 11.3 Å². The topological polar surface area (TPSA) is 95.1 Å². The minimum atomic E-state index is -0.785. The molecule has 5 rings (SSSR count). The SMILES string of the molecule is CCC(C)(C)[C@H](NC(=O)c1ccc(-c2csc(N3CCN(C)CC3)n2)cc1)C(=O)N1C[C@H](C(C)(C)C)[C@H]2OCC(=O)[C@H]21. The molecule has 1 aromatic heterocycles. The lowest BCUT2D eigenvalue weighted by Gasteiger charge is -2.37. The van der Waals surface area contributed by atoms with Gasteiger partial charge >= 0.3 is 0 Å². The standard InChI is InChI=1S/C32H45N5O4S/c1-8-32(5,6)27(29(40)37-17-22(31(2,3)4)26-25(37)24(38)18-41-26)34-28(39)21-11-9-20(10-12-21)23-19-42-30(33-23)36-15-13-35(7)14-16-36/h9-12,19,22,25-27H,8,13-18H2,1-7H3,(H,34,39)/t22-,25+,26+,27+/m0/s1. The lowest BCUT2D eigenvalue weighted by Crippen LogP contribution is -2.57. The Morgan fingerprint density at radius 1 is 1.10 bits per heavy atom. The summed E-state index contributed by atoms with van der Waals surface area (Å²) in [5.41, 5.74) is 1.66. The Kier molecular flexibility index (Phi) is 8.53. The van der Waals surface area contributed by atoms with Crippen LogP contribution in [0.3, 0.4) is 0 Å². The molecule has 3 aliphatic heterocycles. The van der Waals surface area contributed by atoms with Crippen LogP contribution in [0.5, 0.6) is 0 Å². The Morgan fingerprint density at radius 2 is 1.76 bits per heavy atom. The molecule has 228 valence electrons. The average Bonchev–Trinajstić information content (AvgIpc) is 3.69. The number of hydrogen-bond donors (Lipinski definition) is 1. The van der Waals surface area contributed by atoms with Gasteiger partial charge in [-0.25, -0.2) is 4.98 Å². The zero-order valence-corrected chi connectivity index (χ0v) is 26.8. The van der Waals surface area contributed by atoms with Crippen molar-refractivity contribution < 1.29 is 19.1 Å². The predicted octanol–water partition coefficient (Wildman–Crippen LogP) is 3.94. The number of anilines is 1. The van der Waals surface area contributed by atoms with Crippen LogP contribution in [0.1, 0.15) is 58.3 Å². The Hall–Kier alpha value is -2.82. The number of likely N-dealkylation sites (N-methyl/N-ethyl adjacent to an activating group) is 1. The molecule has 42 heavy (non-hydrogen) atoms. The second-order valence-corrected chi connectivity index (χ2v) is 14.6. The summed E-state index contributed by atoms with van der Waals surface area (Å²) < 4.78 is 5.90. The van der Waals surface area contributed by atoms with Gasteiger partial charge in [0.1, 0.15) is 18.7 Å². The van der Waals surface area contributed by atoms with E-state index in [9.17, 15) is 14.4 Å². The molecule has 3 saturated heterocycles. The summed E-state index contributed by atoms with van der Waals surface area (Å²) in [5, 5.41) is 6.13. The van der Waals surface area contributed by atoms with Gasteiger partial charge in [0.15, 0.2) is 10.9 Å². The number of aromatic nitrogens is 1. The molecule has 1 aromatic carbocycles. The molecular weight excluding hydrogens is 550 g/mol. The van der Waals surface area contributed by atoms with Gasteiger partial charge in [-0.15, -0.1) is 11.3 Å². The van der Waals surface area contributed by atoms with Crippen molar-refractivity contribution in [2.45, 2.75) is 66.2 Å². The first-order chi connectivity index (χ1) is 19.8. The van der Waals surface area contributed by atoms with Gasteiger partial charge in [0.25, 0.3) is 5.91 Å². The lowest BCUT2D eigenvalue weighted by atomic mass is 9.78. The normalized spacial score (nSPS) is 24.2. The zero-order chi connectivity index (χ0) is 30.4. The summed E-state index contributed by atoms with van der Waals surface area (Å²) in [6.45, 7) is 16.8. The molecule has 0 unspecified atom stereocenters. The number of piperazine rings is 1. The van der Waals surface area contributed by atoms with E-state index in [0.29, 0.717) is 18.5 Å². The van der Waals surface area contributed by atoms with E-state index in [0.717, 1.165) is 42.6 Å². The maximum Gasteiger partial charge on any atom is 0.251 e. The van der Waals surface area contributed by atoms with E-state index >= 15 is 0 Å². The quantitative estimate of drug-likeness (QED) is 0.518. The van der Waals surface area contributed by atoms with Crippen LogP contribution in [0.4, 0.5) is 5.13 Å². The van der Waals surface area contributed by atoms with Crippen LogP contribution in [0.2, 0.25) is 0 Å². The molecule has 1 N–H and O–H groups in total. The highest BCUT2D eigenvalue weighted by molar-refractivity contribution is 7.14. The molecule has 4 atom stereocenters. The first-order valence-corrected chi connectivity index (χ1v) is 15.9. The average molecular weight is 596 g/mol. The Morgan fingerprint density at radius 3 is 2.38 bits per heavy atom. The number of amides is 2. The van der Waals surface area contributed by atoms with Gasteiger partial charge in [-0.3, -0.25) is 14.4 Å². The van der Waals surface area contributed by atoms with E-state index < -0.39 is 17.5 Å². The van der Waals surface area contributed by atoms with Crippen molar-refractivity contribution in [2.24, 2.45) is 16.7 Å². The molecule has 0 aliphatic carbocycles. The summed E-state index contributed by atoms with van der Waals surface area (Å²) in [6.07, 6.45) is 0.370. The maximum atomic E-state index is 14.2. The number of carbonyl (C=O) groups is 3. The van der Waals surface area contributed by atoms with Crippen molar-refractivity contribution >= 4 is 34.1 Å². The fraction of sp³-hybridized carbons (Fsp3) is 0.625. The minimum Gasteiger partial charge on any atom is -0.367 e. The van der Waals surface area contributed by atoms with Crippen LogP contribution in [-0.2, 0) is 14.3 Å². The van der Waals surface area contributed by atoms with Crippen molar-refractivity contribution in [3.8, 4) is 11.3 Å². The van der Waals surface area contributed by atoms with E-state index in [4.69, 9.17) is 9.72 Å². The van der Waals surface area contributed by atoms with Gasteiger partial charge in [0.05, 0.1) is 11.8 Å². The number of nitrogens with one attached hydrogen (secondary N) is 1. The summed E-state index contributed by atoms with van der Waals surface area (Å²) in [6, 6.07) is 6.01. The van der Waals surface area contributed by atoms with Gasteiger partial charge < -0.3 is 24.8 Å². The largest absolute Gasteiger partial charge is 0.367 e. The molecule has 0 saturated carbocycles. The zero-order valence-electron chi connectivity index (χ0n) is 26.0. The third kappa shape index (κ3) is 5.98. The van der Waals surface area contributed by atoms with E-state index in [-0.39, 0.29) is 41.6 Å². The molecule has 10 heteroatoms. The van der Waals surface area contributed by atoms with E-state index in [1.165, 1.54) is 0 Å². The van der Waals surface area contributed by atoms with Gasteiger partial charge in [0, 0.05) is 55.1 Å². The Labute approximate surface area is 253 Å². The van der Waals surface area contributed by atoms with Crippen molar-refractivity contribution in [1.29, 1.82) is 0 Å². The number of hydrogen-bond acceptors (Lipinski definition) is 8. The molecule has 0 radical (unpaired) electrons. The van der Waals surface area contributed by atoms with Gasteiger partial charge in [-0.05, 0) is 36.4 Å². The first kappa shape index (κ1) is 30.6. The number of rotatable bonds is 7. The Bertz CT molecular complexity index is 1310. The number of carbonyl (C=O) groups excluding carboxylic acids is 3. The van der Waals surface area contributed by atoms with Crippen molar-refractivity contribution in [3.05, 3.63) is 35.2 Å². The molecule has 3 fully saturated rings. The summed E-state index contributed by atoms with van der Waals surface area (Å²) >= 11 is 1.64. The van der Waals surface area contributed by atoms with Crippen LogP contribution in [0.15, 0.2) is 29.6 Å². The summed E-state index contributed by atoms with van der Waals surface area (Å²) in [5.74, 6) is -0.553. The lowest BCUT2D eigenvalue weighted by molar-refractivity contribution is -0.140. The second kappa shape index (κ2) is 11.7. The maximum absolute atomic E-state index is 14.2. The van der Waals surface area contributed by atoms with Crippen molar-refractivity contribution in [3.63, 3.8) is 0 Å². The van der Waals surface area contributed by atoms with E-state index in [2.05, 4.69) is 48.3 Å². The van der Waals surface area contributed by atoms with E-state index in [1.54, 1.807) is 28.4 Å². The fourth-order valence-corrected chi connectivity index (χ4v) is 7.05. The molecule has 4 heterocycles.